The smallest absolute Gasteiger partial charge is 0.261 e. The summed E-state index contributed by atoms with van der Waals surface area (Å²) in [6, 6.07) is 12.3. The van der Waals surface area contributed by atoms with Crippen LogP contribution in [0.3, 0.4) is 0 Å². The van der Waals surface area contributed by atoms with Crippen molar-refractivity contribution < 1.29 is 13.2 Å². The van der Waals surface area contributed by atoms with Gasteiger partial charge in [-0.15, -0.1) is 0 Å². The van der Waals surface area contributed by atoms with Crippen molar-refractivity contribution in [3.8, 4) is 0 Å². The number of hydrogen-bond donors (Lipinski definition) is 2. The normalized spacial score (nSPS) is 14.7. The summed E-state index contributed by atoms with van der Waals surface area (Å²) in [6.07, 6.45) is 7.44. The number of rotatable bonds is 8. The van der Waals surface area contributed by atoms with Crippen LogP contribution in [-0.2, 0) is 16.4 Å². The Bertz CT molecular complexity index is 947. The van der Waals surface area contributed by atoms with Crippen LogP contribution in [0.5, 0.6) is 0 Å². The third kappa shape index (κ3) is 5.60. The zero-order valence-electron chi connectivity index (χ0n) is 17.2. The maximum absolute atomic E-state index is 12.8. The van der Waals surface area contributed by atoms with Crippen LogP contribution in [0, 0.1) is 6.92 Å². The van der Waals surface area contributed by atoms with E-state index in [0.29, 0.717) is 11.3 Å². The predicted molar refractivity (Wildman–Crippen MR) is 117 cm³/mol. The number of carbonyl (C=O) groups excluding carboxylic acids is 1. The molecule has 0 aliphatic heterocycles. The molecule has 5 nitrogen and oxygen atoms in total. The monoisotopic (exact) mass is 414 g/mol. The zero-order valence-corrected chi connectivity index (χ0v) is 18.0. The van der Waals surface area contributed by atoms with Crippen molar-refractivity contribution in [2.75, 3.05) is 4.72 Å². The Balaban J connectivity index is 1.75. The molecule has 1 amide bonds. The van der Waals surface area contributed by atoms with Crippen LogP contribution in [0.4, 0.5) is 5.69 Å². The molecule has 0 aromatic heterocycles. The Labute approximate surface area is 174 Å². The van der Waals surface area contributed by atoms with E-state index < -0.39 is 10.0 Å². The minimum absolute atomic E-state index is 0.0923. The molecule has 1 fully saturated rings. The summed E-state index contributed by atoms with van der Waals surface area (Å²) < 4.78 is 28.3. The Hall–Kier alpha value is -2.34. The van der Waals surface area contributed by atoms with E-state index in [0.717, 1.165) is 50.5 Å². The molecule has 0 unspecified atom stereocenters. The largest absolute Gasteiger partial charge is 0.349 e. The maximum Gasteiger partial charge on any atom is 0.261 e. The summed E-state index contributed by atoms with van der Waals surface area (Å²) in [4.78, 5) is 12.7. The fourth-order valence-corrected chi connectivity index (χ4v) is 4.77. The van der Waals surface area contributed by atoms with E-state index in [2.05, 4.69) is 17.0 Å². The number of sulfonamides is 1. The molecule has 156 valence electrons. The second-order valence-electron chi connectivity index (χ2n) is 7.84. The average Bonchev–Trinajstić information content (AvgIpc) is 3.20. The van der Waals surface area contributed by atoms with Crippen LogP contribution in [0.2, 0.25) is 0 Å². The van der Waals surface area contributed by atoms with Gasteiger partial charge in [-0.1, -0.05) is 44.4 Å². The molecular weight excluding hydrogens is 384 g/mol. The highest BCUT2D eigenvalue weighted by Crippen LogP contribution is 2.22. The summed E-state index contributed by atoms with van der Waals surface area (Å²) in [5, 5.41) is 3.03. The quantitative estimate of drug-likeness (QED) is 0.651. The summed E-state index contributed by atoms with van der Waals surface area (Å²) in [6.45, 7) is 3.97. The first-order chi connectivity index (χ1) is 13.9. The molecule has 0 bridgehead atoms. The molecule has 2 N–H and O–H groups in total. The molecule has 1 saturated carbocycles. The molecule has 0 heterocycles. The lowest BCUT2D eigenvalue weighted by atomic mass is 10.1. The lowest BCUT2D eigenvalue weighted by Gasteiger charge is -2.15. The molecule has 3 rings (SSSR count). The average molecular weight is 415 g/mol. The van der Waals surface area contributed by atoms with Crippen molar-refractivity contribution in [1.29, 1.82) is 0 Å². The van der Waals surface area contributed by atoms with Gasteiger partial charge >= 0.3 is 0 Å². The van der Waals surface area contributed by atoms with Crippen LogP contribution in [-0.4, -0.2) is 20.4 Å². The SMILES string of the molecule is CCCCc1ccc(NS(=O)(=O)c2ccc(C)c(C(=O)NC3CCCC3)c2)cc1. The van der Waals surface area contributed by atoms with Crippen molar-refractivity contribution >= 4 is 21.6 Å². The summed E-state index contributed by atoms with van der Waals surface area (Å²) >= 11 is 0. The summed E-state index contributed by atoms with van der Waals surface area (Å²) in [5.74, 6) is -0.202. The van der Waals surface area contributed by atoms with Crippen molar-refractivity contribution in [2.45, 2.75) is 69.7 Å². The van der Waals surface area contributed by atoms with Gasteiger partial charge < -0.3 is 5.32 Å². The Kier molecular flexibility index (Phi) is 6.96. The van der Waals surface area contributed by atoms with Gasteiger partial charge in [-0.2, -0.15) is 0 Å². The molecule has 0 atom stereocenters. The molecular formula is C23H30N2O3S. The van der Waals surface area contributed by atoms with E-state index in [1.807, 2.05) is 19.1 Å². The molecule has 0 spiro atoms. The van der Waals surface area contributed by atoms with Crippen molar-refractivity contribution in [1.82, 2.24) is 5.32 Å². The van der Waals surface area contributed by atoms with Crippen LogP contribution in [0.25, 0.3) is 0 Å². The molecule has 0 radical (unpaired) electrons. The van der Waals surface area contributed by atoms with E-state index >= 15 is 0 Å². The standard InChI is InChI=1S/C23H30N2O3S/c1-3-4-7-18-11-13-20(14-12-18)25-29(27,28)21-15-10-17(2)22(16-21)23(26)24-19-8-5-6-9-19/h10-16,19,25H,3-9H2,1-2H3,(H,24,26). The third-order valence-electron chi connectivity index (χ3n) is 5.48. The van der Waals surface area contributed by atoms with Gasteiger partial charge in [0.1, 0.15) is 0 Å². The molecule has 1 aliphatic carbocycles. The topological polar surface area (TPSA) is 75.3 Å². The summed E-state index contributed by atoms with van der Waals surface area (Å²) in [5.41, 5.74) is 2.88. The molecule has 6 heteroatoms. The van der Waals surface area contributed by atoms with Gasteiger partial charge in [0, 0.05) is 17.3 Å². The first-order valence-electron chi connectivity index (χ1n) is 10.4. The van der Waals surface area contributed by atoms with Crippen molar-refractivity contribution in [2.24, 2.45) is 0 Å². The van der Waals surface area contributed by atoms with Gasteiger partial charge in [-0.3, -0.25) is 9.52 Å². The third-order valence-corrected chi connectivity index (χ3v) is 6.86. The highest BCUT2D eigenvalue weighted by atomic mass is 32.2. The number of amides is 1. The van der Waals surface area contributed by atoms with Crippen LogP contribution in [0.1, 0.15) is 66.9 Å². The van der Waals surface area contributed by atoms with Crippen molar-refractivity contribution in [3.63, 3.8) is 0 Å². The van der Waals surface area contributed by atoms with Gasteiger partial charge in [0.25, 0.3) is 15.9 Å². The van der Waals surface area contributed by atoms with E-state index in [1.54, 1.807) is 24.3 Å². The first kappa shape index (κ1) is 21.4. The lowest BCUT2D eigenvalue weighted by molar-refractivity contribution is 0.0937. The first-order valence-corrected chi connectivity index (χ1v) is 11.9. The molecule has 29 heavy (non-hydrogen) atoms. The second kappa shape index (κ2) is 9.44. The highest BCUT2D eigenvalue weighted by Gasteiger charge is 2.21. The van der Waals surface area contributed by atoms with E-state index in [9.17, 15) is 13.2 Å². The molecule has 2 aromatic rings. The number of aryl methyl sites for hydroxylation is 2. The minimum Gasteiger partial charge on any atom is -0.349 e. The van der Waals surface area contributed by atoms with Gasteiger partial charge in [0.05, 0.1) is 4.90 Å². The molecule has 2 aromatic carbocycles. The lowest BCUT2D eigenvalue weighted by Crippen LogP contribution is -2.33. The fraction of sp³-hybridized carbons (Fsp3) is 0.435. The summed E-state index contributed by atoms with van der Waals surface area (Å²) in [7, 11) is -3.77. The highest BCUT2D eigenvalue weighted by molar-refractivity contribution is 7.92. The van der Waals surface area contributed by atoms with E-state index in [-0.39, 0.29) is 16.8 Å². The van der Waals surface area contributed by atoms with Crippen LogP contribution < -0.4 is 10.0 Å². The van der Waals surface area contributed by atoms with Gasteiger partial charge in [0.15, 0.2) is 0 Å². The number of anilines is 1. The van der Waals surface area contributed by atoms with Crippen molar-refractivity contribution in [3.05, 3.63) is 59.2 Å². The number of hydrogen-bond acceptors (Lipinski definition) is 3. The van der Waals surface area contributed by atoms with Gasteiger partial charge in [-0.25, -0.2) is 8.42 Å². The van der Waals surface area contributed by atoms with Crippen LogP contribution in [0.15, 0.2) is 47.4 Å². The second-order valence-corrected chi connectivity index (χ2v) is 9.52. The molecule has 1 aliphatic rings. The Morgan fingerprint density at radius 3 is 2.41 bits per heavy atom. The number of carbonyl (C=O) groups is 1. The van der Waals surface area contributed by atoms with Gasteiger partial charge in [-0.05, 0) is 68.0 Å². The zero-order chi connectivity index (χ0) is 20.9. The number of benzene rings is 2. The Morgan fingerprint density at radius 2 is 1.76 bits per heavy atom. The molecule has 0 saturated heterocycles. The van der Waals surface area contributed by atoms with Crippen LogP contribution >= 0.6 is 0 Å². The fourth-order valence-electron chi connectivity index (χ4n) is 3.68. The number of nitrogens with one attached hydrogen (secondary N) is 2. The predicted octanol–water partition coefficient (Wildman–Crippen LogP) is 4.81. The number of unbranched alkanes of at least 4 members (excludes halogenated alkanes) is 1. The minimum atomic E-state index is -3.77. The van der Waals surface area contributed by atoms with Gasteiger partial charge in [0.2, 0.25) is 0 Å². The van der Waals surface area contributed by atoms with E-state index in [4.69, 9.17) is 0 Å². The Morgan fingerprint density at radius 1 is 1.07 bits per heavy atom. The maximum atomic E-state index is 12.8. The van der Waals surface area contributed by atoms with E-state index in [1.165, 1.54) is 11.6 Å².